The van der Waals surface area contributed by atoms with Crippen molar-refractivity contribution >= 4 is 28.8 Å². The van der Waals surface area contributed by atoms with Gasteiger partial charge in [-0.05, 0) is 88.0 Å². The molecule has 3 aliphatic heterocycles. The van der Waals surface area contributed by atoms with Crippen molar-refractivity contribution in [3.8, 4) is 22.6 Å². The van der Waals surface area contributed by atoms with Crippen molar-refractivity contribution in [2.45, 2.75) is 34.5 Å². The molecule has 0 fully saturated rings. The third kappa shape index (κ3) is 3.97. The maximum atomic E-state index is 6.57. The van der Waals surface area contributed by atoms with Crippen LogP contribution in [0.2, 0.25) is 0 Å². The Balaban J connectivity index is 1.14. The summed E-state index contributed by atoms with van der Waals surface area (Å²) in [5.41, 5.74) is 13.1. The lowest BCUT2D eigenvalue weighted by Crippen LogP contribution is -2.36. The molecule has 49 heavy (non-hydrogen) atoms. The molecule has 234 valence electrons. The van der Waals surface area contributed by atoms with E-state index in [1.165, 1.54) is 65.7 Å². The molecular formula is C46H33NOS. The molecule has 7 aromatic carbocycles. The molecule has 0 atom stereocenters. The Bertz CT molecular complexity index is 2290. The van der Waals surface area contributed by atoms with E-state index in [1.807, 2.05) is 11.8 Å². The van der Waals surface area contributed by atoms with Crippen LogP contribution in [0, 0.1) is 0 Å². The summed E-state index contributed by atoms with van der Waals surface area (Å²) in [4.78, 5) is 4.98. The summed E-state index contributed by atoms with van der Waals surface area (Å²) in [5, 5.41) is 0. The van der Waals surface area contributed by atoms with Gasteiger partial charge in [-0.2, -0.15) is 0 Å². The van der Waals surface area contributed by atoms with Gasteiger partial charge in [-0.1, -0.05) is 135 Å². The second-order valence-electron chi connectivity index (χ2n) is 13.7. The minimum atomic E-state index is -0.507. The summed E-state index contributed by atoms with van der Waals surface area (Å²) in [6, 6.07) is 59.9. The highest BCUT2D eigenvalue weighted by atomic mass is 32.2. The first-order valence-corrected chi connectivity index (χ1v) is 17.7. The van der Waals surface area contributed by atoms with Gasteiger partial charge >= 0.3 is 0 Å². The lowest BCUT2D eigenvalue weighted by Gasteiger charge is -2.45. The largest absolute Gasteiger partial charge is 0.457 e. The lowest BCUT2D eigenvalue weighted by molar-refractivity contribution is 0.431. The zero-order valence-corrected chi connectivity index (χ0v) is 28.2. The van der Waals surface area contributed by atoms with Gasteiger partial charge in [-0.3, -0.25) is 0 Å². The van der Waals surface area contributed by atoms with Crippen molar-refractivity contribution in [1.29, 1.82) is 0 Å². The van der Waals surface area contributed by atoms with Gasteiger partial charge < -0.3 is 9.64 Å². The quantitative estimate of drug-likeness (QED) is 0.185. The second kappa shape index (κ2) is 10.5. The van der Waals surface area contributed by atoms with Gasteiger partial charge in [-0.25, -0.2) is 0 Å². The Morgan fingerprint density at radius 2 is 0.939 bits per heavy atom. The summed E-state index contributed by atoms with van der Waals surface area (Å²) < 4.78 is 6.57. The van der Waals surface area contributed by atoms with Gasteiger partial charge in [0.15, 0.2) is 0 Å². The van der Waals surface area contributed by atoms with E-state index in [1.54, 1.807) is 0 Å². The topological polar surface area (TPSA) is 12.5 Å². The molecule has 0 bridgehead atoms. The lowest BCUT2D eigenvalue weighted by atomic mass is 9.63. The standard InChI is InChI=1S/C46H33NOS/c1-45(2)33-13-3-8-18-39(33)47(40-19-9-4-14-34(40)45)32-26-23-30(24-27-32)31-25-28-44-38(29-31)46(37-17-7-12-22-43(37)49-44)35-15-5-10-20-41(35)48-42-21-11-6-16-36(42)46/h3-29H,1-2H3. The average molecular weight is 648 g/mol. The zero-order valence-electron chi connectivity index (χ0n) is 27.4. The Hall–Kier alpha value is -5.51. The zero-order chi connectivity index (χ0) is 32.7. The van der Waals surface area contributed by atoms with E-state index < -0.39 is 5.41 Å². The van der Waals surface area contributed by atoms with E-state index in [-0.39, 0.29) is 5.41 Å². The van der Waals surface area contributed by atoms with Crippen LogP contribution >= 0.6 is 11.8 Å². The maximum absolute atomic E-state index is 6.57. The highest BCUT2D eigenvalue weighted by Gasteiger charge is 2.49. The van der Waals surface area contributed by atoms with Crippen LogP contribution in [0.3, 0.4) is 0 Å². The van der Waals surface area contributed by atoms with Crippen LogP contribution in [0.1, 0.15) is 47.2 Å². The highest BCUT2D eigenvalue weighted by Crippen LogP contribution is 2.62. The van der Waals surface area contributed by atoms with Gasteiger partial charge in [0, 0.05) is 32.0 Å². The molecule has 0 saturated carbocycles. The summed E-state index contributed by atoms with van der Waals surface area (Å²) >= 11 is 1.86. The molecule has 7 aromatic rings. The van der Waals surface area contributed by atoms with Crippen molar-refractivity contribution in [3.05, 3.63) is 197 Å². The third-order valence-electron chi connectivity index (χ3n) is 10.8. The summed E-state index contributed by atoms with van der Waals surface area (Å²) in [5.74, 6) is 1.82. The van der Waals surface area contributed by atoms with E-state index in [9.17, 15) is 0 Å². The number of hydrogen-bond donors (Lipinski definition) is 0. The molecule has 0 amide bonds. The molecular weight excluding hydrogens is 615 g/mol. The minimum Gasteiger partial charge on any atom is -0.457 e. The van der Waals surface area contributed by atoms with Gasteiger partial charge in [0.05, 0.1) is 16.8 Å². The number of anilines is 3. The number of ether oxygens (including phenoxy) is 1. The number of benzene rings is 7. The van der Waals surface area contributed by atoms with Crippen LogP contribution in [-0.4, -0.2) is 0 Å². The van der Waals surface area contributed by atoms with E-state index in [2.05, 4.69) is 183 Å². The van der Waals surface area contributed by atoms with Gasteiger partial charge in [0.2, 0.25) is 0 Å². The van der Waals surface area contributed by atoms with Gasteiger partial charge in [0.25, 0.3) is 0 Å². The number of hydrogen-bond acceptors (Lipinski definition) is 3. The van der Waals surface area contributed by atoms with Crippen molar-refractivity contribution in [3.63, 3.8) is 0 Å². The van der Waals surface area contributed by atoms with Crippen molar-refractivity contribution in [2.75, 3.05) is 4.90 Å². The molecule has 0 aliphatic carbocycles. The summed E-state index contributed by atoms with van der Waals surface area (Å²) in [6.07, 6.45) is 0. The summed E-state index contributed by atoms with van der Waals surface area (Å²) in [7, 11) is 0. The van der Waals surface area contributed by atoms with E-state index in [4.69, 9.17) is 4.74 Å². The predicted octanol–water partition coefficient (Wildman–Crippen LogP) is 12.4. The van der Waals surface area contributed by atoms with Gasteiger partial charge in [0.1, 0.15) is 11.5 Å². The van der Waals surface area contributed by atoms with E-state index in [0.717, 1.165) is 17.2 Å². The molecule has 0 unspecified atom stereocenters. The number of para-hydroxylation sites is 4. The van der Waals surface area contributed by atoms with Crippen molar-refractivity contribution in [2.24, 2.45) is 0 Å². The Morgan fingerprint density at radius 1 is 0.449 bits per heavy atom. The van der Waals surface area contributed by atoms with Gasteiger partial charge in [-0.15, -0.1) is 0 Å². The number of rotatable bonds is 2. The first-order valence-electron chi connectivity index (χ1n) is 16.9. The van der Waals surface area contributed by atoms with E-state index >= 15 is 0 Å². The monoisotopic (exact) mass is 647 g/mol. The Morgan fingerprint density at radius 3 is 1.57 bits per heavy atom. The molecule has 0 radical (unpaired) electrons. The van der Waals surface area contributed by atoms with Crippen LogP contribution in [0.25, 0.3) is 11.1 Å². The van der Waals surface area contributed by atoms with Crippen molar-refractivity contribution in [1.82, 2.24) is 0 Å². The van der Waals surface area contributed by atoms with Crippen LogP contribution in [0.4, 0.5) is 17.1 Å². The fourth-order valence-electron chi connectivity index (χ4n) is 8.55. The molecule has 0 aromatic heterocycles. The SMILES string of the molecule is CC1(C)c2ccccc2N(c2ccc(-c3ccc4c(c3)C3(c5ccccc5Oc5ccccc53)c3ccccc3S4)cc2)c2ccccc21. The first-order chi connectivity index (χ1) is 24.0. The number of nitrogens with zero attached hydrogens (tertiary/aromatic N) is 1. The fourth-order valence-corrected chi connectivity index (χ4v) is 9.72. The first kappa shape index (κ1) is 28.5. The smallest absolute Gasteiger partial charge is 0.132 e. The van der Waals surface area contributed by atoms with Crippen molar-refractivity contribution < 1.29 is 4.74 Å². The Kier molecular flexibility index (Phi) is 6.10. The molecule has 0 N–H and O–H groups in total. The maximum Gasteiger partial charge on any atom is 0.132 e. The molecule has 1 spiro atoms. The fraction of sp³-hybridized carbons (Fsp3) is 0.0870. The minimum absolute atomic E-state index is 0.0826. The summed E-state index contributed by atoms with van der Waals surface area (Å²) in [6.45, 7) is 4.67. The molecule has 3 heterocycles. The molecule has 2 nitrogen and oxygen atoms in total. The Labute approximate surface area is 291 Å². The number of fused-ring (bicyclic) bond motifs is 10. The normalized spacial score (nSPS) is 15.5. The van der Waals surface area contributed by atoms with Crippen LogP contribution < -0.4 is 9.64 Å². The molecule has 3 aliphatic rings. The van der Waals surface area contributed by atoms with E-state index in [0.29, 0.717) is 0 Å². The predicted molar refractivity (Wildman–Crippen MR) is 201 cm³/mol. The average Bonchev–Trinajstić information content (AvgIpc) is 3.15. The van der Waals surface area contributed by atoms with Crippen LogP contribution in [0.15, 0.2) is 174 Å². The molecule has 0 saturated heterocycles. The second-order valence-corrected chi connectivity index (χ2v) is 14.8. The third-order valence-corrected chi connectivity index (χ3v) is 11.9. The highest BCUT2D eigenvalue weighted by molar-refractivity contribution is 7.99. The molecule has 3 heteroatoms. The molecule has 10 rings (SSSR count). The van der Waals surface area contributed by atoms with Crippen LogP contribution in [-0.2, 0) is 10.8 Å². The van der Waals surface area contributed by atoms with Crippen LogP contribution in [0.5, 0.6) is 11.5 Å².